The number of hydrogen-bond donors (Lipinski definition) is 2. The highest BCUT2D eigenvalue weighted by Gasteiger charge is 2.05. The van der Waals surface area contributed by atoms with Crippen molar-refractivity contribution in [1.29, 1.82) is 0 Å². The van der Waals surface area contributed by atoms with Gasteiger partial charge in [0, 0.05) is 44.0 Å². The minimum atomic E-state index is 0. The molecule has 0 heterocycles. The van der Waals surface area contributed by atoms with Crippen LogP contribution in [-0.2, 0) is 9.47 Å². The van der Waals surface area contributed by atoms with E-state index >= 15 is 0 Å². The van der Waals surface area contributed by atoms with Crippen molar-refractivity contribution in [3.05, 3.63) is 30.3 Å². The van der Waals surface area contributed by atoms with E-state index in [0.717, 1.165) is 38.5 Å². The zero-order valence-electron chi connectivity index (χ0n) is 15.5. The Bertz CT molecular complexity index is 449. The summed E-state index contributed by atoms with van der Waals surface area (Å²) in [6, 6.07) is 10.5. The predicted molar refractivity (Wildman–Crippen MR) is 118 cm³/mol. The van der Waals surface area contributed by atoms with Crippen LogP contribution in [0, 0.1) is 0 Å². The first-order valence-electron chi connectivity index (χ1n) is 8.49. The summed E-state index contributed by atoms with van der Waals surface area (Å²) in [7, 11) is 3.49. The highest BCUT2D eigenvalue weighted by atomic mass is 127. The molecule has 25 heavy (non-hydrogen) atoms. The van der Waals surface area contributed by atoms with Crippen molar-refractivity contribution in [2.24, 2.45) is 4.99 Å². The summed E-state index contributed by atoms with van der Waals surface area (Å²) in [5.74, 6) is 0.857. The molecule has 7 heteroatoms. The molecule has 0 spiro atoms. The number of nitrogens with one attached hydrogen (secondary N) is 2. The summed E-state index contributed by atoms with van der Waals surface area (Å²) in [4.78, 5) is 5.56. The van der Waals surface area contributed by atoms with E-state index in [1.807, 2.05) is 17.8 Å². The van der Waals surface area contributed by atoms with Crippen LogP contribution in [0.3, 0.4) is 0 Å². The van der Waals surface area contributed by atoms with Gasteiger partial charge in [-0.1, -0.05) is 25.1 Å². The molecule has 0 saturated carbocycles. The van der Waals surface area contributed by atoms with E-state index in [1.54, 1.807) is 14.2 Å². The zero-order valence-corrected chi connectivity index (χ0v) is 18.6. The van der Waals surface area contributed by atoms with Crippen LogP contribution < -0.4 is 10.6 Å². The molecular weight excluding hydrogens is 449 g/mol. The number of hydrogen-bond acceptors (Lipinski definition) is 4. The summed E-state index contributed by atoms with van der Waals surface area (Å²) in [6.45, 7) is 6.10. The first-order valence-corrected chi connectivity index (χ1v) is 9.37. The lowest BCUT2D eigenvalue weighted by Gasteiger charge is -2.16. The quantitative estimate of drug-likeness (QED) is 0.158. The van der Waals surface area contributed by atoms with Gasteiger partial charge in [0.1, 0.15) is 0 Å². The van der Waals surface area contributed by atoms with Crippen LogP contribution in [0.4, 0.5) is 0 Å². The minimum absolute atomic E-state index is 0. The Hall–Kier alpha value is -0.510. The van der Waals surface area contributed by atoms with Gasteiger partial charge in [0.25, 0.3) is 0 Å². The van der Waals surface area contributed by atoms with Gasteiger partial charge in [-0.05, 0) is 25.0 Å². The lowest BCUT2D eigenvalue weighted by Crippen LogP contribution is -2.40. The van der Waals surface area contributed by atoms with E-state index in [1.165, 1.54) is 4.90 Å². The molecule has 0 aliphatic rings. The topological polar surface area (TPSA) is 54.9 Å². The maximum Gasteiger partial charge on any atom is 0.191 e. The van der Waals surface area contributed by atoms with Gasteiger partial charge in [0.2, 0.25) is 0 Å². The van der Waals surface area contributed by atoms with Gasteiger partial charge in [0.15, 0.2) is 5.96 Å². The SMILES string of the molecule is CN=C(NCCCCOCCOC)NCC(C)Sc1ccccc1.I. The molecule has 0 fully saturated rings. The molecule has 0 radical (unpaired) electrons. The van der Waals surface area contributed by atoms with Crippen LogP contribution in [-0.4, -0.2) is 58.3 Å². The standard InChI is InChI=1S/C18H31N3O2S.HI/c1-16(24-17-9-5-4-6-10-17)15-21-18(19-2)20-11-7-8-12-23-14-13-22-3;/h4-6,9-10,16H,7-8,11-15H2,1-3H3,(H2,19,20,21);1H. The van der Waals surface area contributed by atoms with Crippen LogP contribution in [0.15, 0.2) is 40.2 Å². The molecule has 0 aliphatic heterocycles. The maximum absolute atomic E-state index is 5.44. The highest BCUT2D eigenvalue weighted by molar-refractivity contribution is 14.0. The molecule has 144 valence electrons. The Morgan fingerprint density at radius 2 is 1.88 bits per heavy atom. The minimum Gasteiger partial charge on any atom is -0.382 e. The van der Waals surface area contributed by atoms with Crippen molar-refractivity contribution in [1.82, 2.24) is 10.6 Å². The molecule has 0 aromatic heterocycles. The fraction of sp³-hybridized carbons (Fsp3) is 0.611. The van der Waals surface area contributed by atoms with E-state index in [-0.39, 0.29) is 24.0 Å². The van der Waals surface area contributed by atoms with Crippen molar-refractivity contribution >= 4 is 41.7 Å². The molecule has 0 bridgehead atoms. The van der Waals surface area contributed by atoms with Gasteiger partial charge in [-0.15, -0.1) is 35.7 Å². The first-order chi connectivity index (χ1) is 11.8. The van der Waals surface area contributed by atoms with Gasteiger partial charge in [0.05, 0.1) is 13.2 Å². The lowest BCUT2D eigenvalue weighted by atomic mass is 10.3. The van der Waals surface area contributed by atoms with E-state index in [0.29, 0.717) is 18.5 Å². The molecule has 1 aromatic carbocycles. The number of halogens is 1. The Morgan fingerprint density at radius 1 is 1.12 bits per heavy atom. The summed E-state index contributed by atoms with van der Waals surface area (Å²) < 4.78 is 10.4. The number of thioether (sulfide) groups is 1. The maximum atomic E-state index is 5.44. The molecule has 2 N–H and O–H groups in total. The second-order valence-corrected chi connectivity index (χ2v) is 6.95. The largest absolute Gasteiger partial charge is 0.382 e. The van der Waals surface area contributed by atoms with Gasteiger partial charge < -0.3 is 20.1 Å². The summed E-state index contributed by atoms with van der Waals surface area (Å²) in [5.41, 5.74) is 0. The number of rotatable bonds is 12. The number of benzene rings is 1. The molecule has 5 nitrogen and oxygen atoms in total. The Kier molecular flexibility index (Phi) is 16.6. The second kappa shape index (κ2) is 16.9. The van der Waals surface area contributed by atoms with Crippen LogP contribution in [0.1, 0.15) is 19.8 Å². The summed E-state index contributed by atoms with van der Waals surface area (Å²) in [5, 5.41) is 7.19. The smallest absolute Gasteiger partial charge is 0.191 e. The molecule has 1 aromatic rings. The monoisotopic (exact) mass is 481 g/mol. The number of ether oxygens (including phenoxy) is 2. The molecule has 1 unspecified atom stereocenters. The van der Waals surface area contributed by atoms with E-state index in [4.69, 9.17) is 9.47 Å². The third-order valence-electron chi connectivity index (χ3n) is 3.30. The van der Waals surface area contributed by atoms with Crippen molar-refractivity contribution in [2.45, 2.75) is 29.9 Å². The number of methoxy groups -OCH3 is 1. The van der Waals surface area contributed by atoms with Gasteiger partial charge in [-0.3, -0.25) is 4.99 Å². The fourth-order valence-corrected chi connectivity index (χ4v) is 2.96. The third-order valence-corrected chi connectivity index (χ3v) is 4.41. The fourth-order valence-electron chi connectivity index (χ4n) is 2.01. The summed E-state index contributed by atoms with van der Waals surface area (Å²) >= 11 is 1.87. The molecule has 0 saturated heterocycles. The zero-order chi connectivity index (χ0) is 17.5. The molecule has 1 atom stereocenters. The normalized spacial score (nSPS) is 12.4. The van der Waals surface area contributed by atoms with Crippen LogP contribution in [0.25, 0.3) is 0 Å². The Balaban J connectivity index is 0.00000576. The van der Waals surface area contributed by atoms with E-state index in [2.05, 4.69) is 46.8 Å². The van der Waals surface area contributed by atoms with Gasteiger partial charge >= 0.3 is 0 Å². The number of guanidine groups is 1. The molecular formula is C18H32IN3O2S. The lowest BCUT2D eigenvalue weighted by molar-refractivity contribution is 0.0689. The highest BCUT2D eigenvalue weighted by Crippen LogP contribution is 2.21. The average molecular weight is 481 g/mol. The van der Waals surface area contributed by atoms with Crippen molar-refractivity contribution < 1.29 is 9.47 Å². The molecule has 1 rings (SSSR count). The third kappa shape index (κ3) is 13.4. The van der Waals surface area contributed by atoms with Crippen molar-refractivity contribution in [2.75, 3.05) is 47.1 Å². The van der Waals surface area contributed by atoms with E-state index < -0.39 is 0 Å². The molecule has 0 amide bonds. The van der Waals surface area contributed by atoms with Crippen molar-refractivity contribution in [3.8, 4) is 0 Å². The van der Waals surface area contributed by atoms with Crippen LogP contribution in [0.5, 0.6) is 0 Å². The average Bonchev–Trinajstić information content (AvgIpc) is 2.60. The van der Waals surface area contributed by atoms with E-state index in [9.17, 15) is 0 Å². The second-order valence-electron chi connectivity index (χ2n) is 5.43. The number of aliphatic imine (C=N–C) groups is 1. The van der Waals surface area contributed by atoms with Crippen LogP contribution >= 0.6 is 35.7 Å². The van der Waals surface area contributed by atoms with Crippen LogP contribution in [0.2, 0.25) is 0 Å². The van der Waals surface area contributed by atoms with Gasteiger partial charge in [-0.2, -0.15) is 0 Å². The predicted octanol–water partition coefficient (Wildman–Crippen LogP) is 3.39. The van der Waals surface area contributed by atoms with Crippen molar-refractivity contribution in [3.63, 3.8) is 0 Å². The first kappa shape index (κ1) is 24.5. The molecule has 0 aliphatic carbocycles. The Morgan fingerprint density at radius 3 is 2.56 bits per heavy atom. The number of unbranched alkanes of at least 4 members (excludes halogenated alkanes) is 1. The van der Waals surface area contributed by atoms with Gasteiger partial charge in [-0.25, -0.2) is 0 Å². The Labute approximate surface area is 173 Å². The summed E-state index contributed by atoms with van der Waals surface area (Å²) in [6.07, 6.45) is 2.09. The number of nitrogens with zero attached hydrogens (tertiary/aromatic N) is 1.